The number of aromatic nitrogens is 2. The van der Waals surface area contributed by atoms with Gasteiger partial charge in [0.05, 0.1) is 17.4 Å². The third-order valence-corrected chi connectivity index (χ3v) is 3.82. The summed E-state index contributed by atoms with van der Waals surface area (Å²) in [5, 5.41) is 17.9. The Morgan fingerprint density at radius 1 is 1.45 bits per heavy atom. The van der Waals surface area contributed by atoms with E-state index in [-0.39, 0.29) is 12.5 Å². The molecule has 5 nitrogen and oxygen atoms in total. The van der Waals surface area contributed by atoms with Crippen molar-refractivity contribution >= 4 is 29.1 Å². The maximum Gasteiger partial charge on any atom is 0.254 e. The van der Waals surface area contributed by atoms with Crippen molar-refractivity contribution in [2.45, 2.75) is 19.4 Å². The molecular weight excluding hydrogens is 325 g/mol. The molecule has 0 saturated heterocycles. The zero-order valence-corrected chi connectivity index (χ0v) is 13.8. The zero-order chi connectivity index (χ0) is 16.3. The van der Waals surface area contributed by atoms with Crippen LogP contribution in [0.1, 0.15) is 34.6 Å². The van der Waals surface area contributed by atoms with E-state index in [0.29, 0.717) is 27.6 Å². The molecule has 1 atom stereocenters. The first-order chi connectivity index (χ1) is 10.4. The molecule has 0 spiro atoms. The van der Waals surface area contributed by atoms with Crippen LogP contribution in [0, 0.1) is 0 Å². The Balaban J connectivity index is 2.04. The molecule has 2 aromatic rings. The van der Waals surface area contributed by atoms with Gasteiger partial charge in [-0.25, -0.2) is 0 Å². The number of nitrogens with one attached hydrogen (secondary N) is 1. The van der Waals surface area contributed by atoms with Crippen LogP contribution < -0.4 is 5.32 Å². The third-order valence-electron chi connectivity index (χ3n) is 3.26. The number of halogens is 2. The molecule has 0 aliphatic rings. The quantitative estimate of drug-likeness (QED) is 0.878. The van der Waals surface area contributed by atoms with Crippen molar-refractivity contribution in [1.29, 1.82) is 0 Å². The molecule has 1 aromatic heterocycles. The number of hydrogen-bond acceptors (Lipinski definition) is 3. The minimum atomic E-state index is -0.907. The smallest absolute Gasteiger partial charge is 0.254 e. The van der Waals surface area contributed by atoms with E-state index in [1.165, 1.54) is 0 Å². The number of benzene rings is 1. The highest BCUT2D eigenvalue weighted by Crippen LogP contribution is 2.26. The lowest BCUT2D eigenvalue weighted by atomic mass is 10.1. The Morgan fingerprint density at radius 2 is 2.18 bits per heavy atom. The van der Waals surface area contributed by atoms with Gasteiger partial charge in [-0.05, 0) is 18.6 Å². The molecule has 118 valence electrons. The van der Waals surface area contributed by atoms with Crippen LogP contribution >= 0.6 is 23.2 Å². The number of aryl methyl sites for hydroxylation is 2. The summed E-state index contributed by atoms with van der Waals surface area (Å²) in [4.78, 5) is 12.2. The van der Waals surface area contributed by atoms with E-state index in [1.54, 1.807) is 36.1 Å². The van der Waals surface area contributed by atoms with Gasteiger partial charge in [0, 0.05) is 35.4 Å². The van der Waals surface area contributed by atoms with Crippen LogP contribution in [0.4, 0.5) is 0 Å². The normalized spacial score (nSPS) is 12.2. The van der Waals surface area contributed by atoms with E-state index in [2.05, 4.69) is 10.4 Å². The number of hydrogen-bond donors (Lipinski definition) is 2. The van der Waals surface area contributed by atoms with Crippen LogP contribution in [-0.4, -0.2) is 27.3 Å². The molecule has 1 aromatic carbocycles. The minimum Gasteiger partial charge on any atom is -0.387 e. The highest BCUT2D eigenvalue weighted by atomic mass is 35.5. The summed E-state index contributed by atoms with van der Waals surface area (Å²) >= 11 is 11.9. The van der Waals surface area contributed by atoms with Gasteiger partial charge in [0.25, 0.3) is 5.91 Å². The monoisotopic (exact) mass is 341 g/mol. The second kappa shape index (κ2) is 7.13. The summed E-state index contributed by atoms with van der Waals surface area (Å²) in [7, 11) is 1.76. The van der Waals surface area contributed by atoms with Gasteiger partial charge in [-0.2, -0.15) is 5.10 Å². The molecule has 0 radical (unpaired) electrons. The van der Waals surface area contributed by atoms with Gasteiger partial charge in [-0.15, -0.1) is 0 Å². The largest absolute Gasteiger partial charge is 0.387 e. The molecule has 2 rings (SSSR count). The first kappa shape index (κ1) is 16.8. The lowest BCUT2D eigenvalue weighted by Crippen LogP contribution is -2.28. The van der Waals surface area contributed by atoms with Crippen molar-refractivity contribution in [3.05, 3.63) is 51.3 Å². The molecule has 1 unspecified atom stereocenters. The van der Waals surface area contributed by atoms with E-state index in [9.17, 15) is 9.90 Å². The van der Waals surface area contributed by atoms with Crippen molar-refractivity contribution in [3.8, 4) is 0 Å². The van der Waals surface area contributed by atoms with Gasteiger partial charge in [0.15, 0.2) is 0 Å². The molecule has 0 aliphatic carbocycles. The van der Waals surface area contributed by atoms with E-state index in [4.69, 9.17) is 23.2 Å². The summed E-state index contributed by atoms with van der Waals surface area (Å²) < 4.78 is 1.60. The fraction of sp³-hybridized carbons (Fsp3) is 0.333. The van der Waals surface area contributed by atoms with E-state index in [1.807, 2.05) is 6.92 Å². The van der Waals surface area contributed by atoms with Crippen LogP contribution in [0.3, 0.4) is 0 Å². The van der Waals surface area contributed by atoms with Gasteiger partial charge in [-0.1, -0.05) is 36.2 Å². The first-order valence-corrected chi connectivity index (χ1v) is 7.61. The van der Waals surface area contributed by atoms with Crippen molar-refractivity contribution in [2.75, 3.05) is 6.54 Å². The van der Waals surface area contributed by atoms with Gasteiger partial charge < -0.3 is 10.4 Å². The van der Waals surface area contributed by atoms with Crippen molar-refractivity contribution in [2.24, 2.45) is 7.05 Å². The fourth-order valence-corrected chi connectivity index (χ4v) is 2.69. The molecule has 2 N–H and O–H groups in total. The van der Waals surface area contributed by atoms with Gasteiger partial charge in [0.1, 0.15) is 0 Å². The highest BCUT2D eigenvalue weighted by Gasteiger charge is 2.17. The van der Waals surface area contributed by atoms with Crippen molar-refractivity contribution in [3.63, 3.8) is 0 Å². The Kier molecular flexibility index (Phi) is 5.45. The number of rotatable bonds is 5. The van der Waals surface area contributed by atoms with Crippen LogP contribution in [0.5, 0.6) is 0 Å². The number of carbonyl (C=O) groups is 1. The van der Waals surface area contributed by atoms with E-state index >= 15 is 0 Å². The molecule has 0 fully saturated rings. The summed E-state index contributed by atoms with van der Waals surface area (Å²) in [6.07, 6.45) is 1.42. The Hall–Kier alpha value is -1.56. The molecule has 22 heavy (non-hydrogen) atoms. The Labute approximate surface area is 138 Å². The summed E-state index contributed by atoms with van der Waals surface area (Å²) in [6.45, 7) is 1.99. The molecule has 0 saturated carbocycles. The SMILES string of the molecule is CCc1nn(C)cc1C(=O)NCC(O)c1ccc(Cl)cc1Cl. The lowest BCUT2D eigenvalue weighted by Gasteiger charge is -2.14. The molecule has 1 amide bonds. The van der Waals surface area contributed by atoms with Crippen LogP contribution in [0.2, 0.25) is 10.0 Å². The number of aliphatic hydroxyl groups excluding tert-OH is 1. The summed E-state index contributed by atoms with van der Waals surface area (Å²) in [6, 6.07) is 4.84. The second-order valence-electron chi connectivity index (χ2n) is 4.91. The van der Waals surface area contributed by atoms with E-state index < -0.39 is 6.10 Å². The van der Waals surface area contributed by atoms with Gasteiger partial charge in [0.2, 0.25) is 0 Å². The maximum absolute atomic E-state index is 12.2. The molecule has 1 heterocycles. The average molecular weight is 342 g/mol. The highest BCUT2D eigenvalue weighted by molar-refractivity contribution is 6.35. The molecule has 0 bridgehead atoms. The predicted octanol–water partition coefficient (Wildman–Crippen LogP) is 2.75. The number of carbonyl (C=O) groups excluding carboxylic acids is 1. The number of amides is 1. The van der Waals surface area contributed by atoms with Crippen molar-refractivity contribution < 1.29 is 9.90 Å². The Morgan fingerprint density at radius 3 is 2.82 bits per heavy atom. The van der Waals surface area contributed by atoms with Crippen LogP contribution in [0.15, 0.2) is 24.4 Å². The topological polar surface area (TPSA) is 67.2 Å². The Bertz CT molecular complexity index is 685. The molecular formula is C15H17Cl2N3O2. The van der Waals surface area contributed by atoms with Gasteiger partial charge in [-0.3, -0.25) is 9.48 Å². The molecule has 7 heteroatoms. The first-order valence-electron chi connectivity index (χ1n) is 6.86. The molecule has 0 aliphatic heterocycles. The fourth-order valence-electron chi connectivity index (χ4n) is 2.15. The zero-order valence-electron chi connectivity index (χ0n) is 12.3. The van der Waals surface area contributed by atoms with Gasteiger partial charge >= 0.3 is 0 Å². The maximum atomic E-state index is 12.2. The van der Waals surface area contributed by atoms with Crippen LogP contribution in [0.25, 0.3) is 0 Å². The van der Waals surface area contributed by atoms with Crippen molar-refractivity contribution in [1.82, 2.24) is 15.1 Å². The average Bonchev–Trinajstić information content (AvgIpc) is 2.85. The van der Waals surface area contributed by atoms with Crippen LogP contribution in [-0.2, 0) is 13.5 Å². The third kappa shape index (κ3) is 3.80. The van der Waals surface area contributed by atoms with E-state index in [0.717, 1.165) is 5.69 Å². The second-order valence-corrected chi connectivity index (χ2v) is 5.75. The number of aliphatic hydroxyl groups is 1. The minimum absolute atomic E-state index is 0.0538. The number of nitrogens with zero attached hydrogens (tertiary/aromatic N) is 2. The standard InChI is InChI=1S/C15H17Cl2N3O2/c1-3-13-11(8-20(2)19-13)15(22)18-7-14(21)10-5-4-9(16)6-12(10)17/h4-6,8,14,21H,3,7H2,1-2H3,(H,18,22). The lowest BCUT2D eigenvalue weighted by molar-refractivity contribution is 0.0915. The summed E-state index contributed by atoms with van der Waals surface area (Å²) in [5.41, 5.74) is 1.76. The summed E-state index contributed by atoms with van der Waals surface area (Å²) in [5.74, 6) is -0.269. The predicted molar refractivity (Wildman–Crippen MR) is 86.3 cm³/mol.